The fourth-order valence-corrected chi connectivity index (χ4v) is 3.28. The van der Waals surface area contributed by atoms with E-state index in [0.29, 0.717) is 26.2 Å². The second kappa shape index (κ2) is 7.50. The Morgan fingerprint density at radius 2 is 1.64 bits per heavy atom. The van der Waals surface area contributed by atoms with Crippen molar-refractivity contribution in [3.8, 4) is 6.07 Å². The first kappa shape index (κ1) is 17.2. The first-order valence-electron chi connectivity index (χ1n) is 8.65. The average Bonchev–Trinajstić information content (AvgIpc) is 2.64. The predicted molar refractivity (Wildman–Crippen MR) is 98.2 cm³/mol. The molecule has 2 aromatic rings. The maximum absolute atomic E-state index is 12.7. The third kappa shape index (κ3) is 3.72. The minimum atomic E-state index is -0.253. The molecule has 4 nitrogen and oxygen atoms in total. The number of piperazine rings is 1. The highest BCUT2D eigenvalue weighted by atomic mass is 16.2. The highest BCUT2D eigenvalue weighted by Gasteiger charge is 2.27. The molecule has 0 spiro atoms. The topological polar surface area (TPSA) is 47.3 Å². The van der Waals surface area contributed by atoms with Crippen molar-refractivity contribution in [3.63, 3.8) is 0 Å². The maximum atomic E-state index is 12.7. The number of amides is 1. The van der Waals surface area contributed by atoms with Gasteiger partial charge in [0, 0.05) is 31.7 Å². The van der Waals surface area contributed by atoms with Gasteiger partial charge >= 0.3 is 0 Å². The van der Waals surface area contributed by atoms with Crippen LogP contribution >= 0.6 is 0 Å². The molecule has 1 saturated heterocycles. The summed E-state index contributed by atoms with van der Waals surface area (Å²) in [7, 11) is 0. The van der Waals surface area contributed by atoms with Gasteiger partial charge in [0.25, 0.3) is 5.91 Å². The lowest BCUT2D eigenvalue weighted by Gasteiger charge is -2.37. The van der Waals surface area contributed by atoms with E-state index in [4.69, 9.17) is 0 Å². The van der Waals surface area contributed by atoms with Crippen LogP contribution < -0.4 is 0 Å². The van der Waals surface area contributed by atoms with Crippen LogP contribution in [0.1, 0.15) is 33.1 Å². The Balaban J connectivity index is 1.67. The van der Waals surface area contributed by atoms with Crippen LogP contribution in [0.2, 0.25) is 0 Å². The van der Waals surface area contributed by atoms with Crippen LogP contribution in [0.5, 0.6) is 0 Å². The van der Waals surface area contributed by atoms with Crippen molar-refractivity contribution in [2.24, 2.45) is 0 Å². The summed E-state index contributed by atoms with van der Waals surface area (Å²) in [5.41, 5.74) is 3.98. The van der Waals surface area contributed by atoms with Crippen LogP contribution in [0.25, 0.3) is 0 Å². The van der Waals surface area contributed by atoms with Gasteiger partial charge in [0.2, 0.25) is 0 Å². The predicted octanol–water partition coefficient (Wildman–Crippen LogP) is 3.33. The molecule has 1 fully saturated rings. The molecule has 4 heteroatoms. The van der Waals surface area contributed by atoms with Crippen molar-refractivity contribution in [3.05, 3.63) is 70.8 Å². The third-order valence-corrected chi connectivity index (χ3v) is 4.86. The van der Waals surface area contributed by atoms with Crippen LogP contribution in [-0.4, -0.2) is 41.9 Å². The molecular formula is C21H23N3O. The lowest BCUT2D eigenvalue weighted by molar-refractivity contribution is 0.0605. The first-order chi connectivity index (χ1) is 12.1. The second-order valence-corrected chi connectivity index (χ2v) is 6.59. The van der Waals surface area contributed by atoms with Crippen molar-refractivity contribution in [1.82, 2.24) is 9.80 Å². The molecule has 0 saturated carbocycles. The molecule has 0 bridgehead atoms. The number of aryl methyl sites for hydroxylation is 2. The second-order valence-electron chi connectivity index (χ2n) is 6.59. The fraction of sp³-hybridized carbons (Fsp3) is 0.333. The first-order valence-corrected chi connectivity index (χ1v) is 8.65. The summed E-state index contributed by atoms with van der Waals surface area (Å²) in [6.07, 6.45) is 0. The van der Waals surface area contributed by atoms with Crippen LogP contribution in [0.3, 0.4) is 0 Å². The molecule has 1 aliphatic heterocycles. The highest BCUT2D eigenvalue weighted by molar-refractivity contribution is 5.95. The van der Waals surface area contributed by atoms with Gasteiger partial charge in [-0.2, -0.15) is 5.26 Å². The number of hydrogen-bond donors (Lipinski definition) is 0. The minimum absolute atomic E-state index is 0.0848. The SMILES string of the molecule is Cc1ccc(C(C#N)N2CCN(C(=O)c3ccccc3C)CC2)cc1. The van der Waals surface area contributed by atoms with Gasteiger partial charge < -0.3 is 4.90 Å². The van der Waals surface area contributed by atoms with Crippen molar-refractivity contribution in [2.45, 2.75) is 19.9 Å². The van der Waals surface area contributed by atoms with Crippen LogP contribution in [0, 0.1) is 25.2 Å². The van der Waals surface area contributed by atoms with E-state index >= 15 is 0 Å². The Kier molecular flexibility index (Phi) is 5.16. The molecule has 1 aliphatic rings. The van der Waals surface area contributed by atoms with E-state index in [1.165, 1.54) is 5.56 Å². The molecule has 0 N–H and O–H groups in total. The van der Waals surface area contributed by atoms with Gasteiger partial charge in [-0.1, -0.05) is 48.0 Å². The monoisotopic (exact) mass is 333 g/mol. The zero-order chi connectivity index (χ0) is 17.8. The number of rotatable bonds is 3. The van der Waals surface area contributed by atoms with E-state index in [9.17, 15) is 10.1 Å². The summed E-state index contributed by atoms with van der Waals surface area (Å²) in [6, 6.07) is 18.0. The number of nitriles is 1. The zero-order valence-corrected chi connectivity index (χ0v) is 14.8. The van der Waals surface area contributed by atoms with Crippen LogP contribution in [0.4, 0.5) is 0 Å². The molecule has 1 unspecified atom stereocenters. The van der Waals surface area contributed by atoms with Crippen molar-refractivity contribution < 1.29 is 4.79 Å². The number of carbonyl (C=O) groups excluding carboxylic acids is 1. The lowest BCUT2D eigenvalue weighted by atomic mass is 10.0. The largest absolute Gasteiger partial charge is 0.336 e. The summed E-state index contributed by atoms with van der Waals surface area (Å²) in [5.74, 6) is 0.0848. The average molecular weight is 333 g/mol. The smallest absolute Gasteiger partial charge is 0.254 e. The van der Waals surface area contributed by atoms with E-state index in [-0.39, 0.29) is 11.9 Å². The number of carbonyl (C=O) groups is 1. The Morgan fingerprint density at radius 3 is 2.24 bits per heavy atom. The minimum Gasteiger partial charge on any atom is -0.336 e. The third-order valence-electron chi connectivity index (χ3n) is 4.86. The molecule has 0 radical (unpaired) electrons. The summed E-state index contributed by atoms with van der Waals surface area (Å²) in [6.45, 7) is 6.73. The lowest BCUT2D eigenvalue weighted by Crippen LogP contribution is -2.49. The van der Waals surface area contributed by atoms with Crippen molar-refractivity contribution in [1.29, 1.82) is 5.26 Å². The molecule has 0 aliphatic carbocycles. The molecule has 0 aromatic heterocycles. The molecule has 3 rings (SSSR count). The van der Waals surface area contributed by atoms with Gasteiger partial charge in [-0.3, -0.25) is 9.69 Å². The van der Waals surface area contributed by atoms with E-state index < -0.39 is 0 Å². The van der Waals surface area contributed by atoms with E-state index in [2.05, 4.69) is 11.0 Å². The Hall–Kier alpha value is -2.64. The fourth-order valence-electron chi connectivity index (χ4n) is 3.28. The molecule has 1 amide bonds. The molecule has 1 atom stereocenters. The molecule has 1 heterocycles. The van der Waals surface area contributed by atoms with E-state index in [1.54, 1.807) is 0 Å². The Morgan fingerprint density at radius 1 is 1.00 bits per heavy atom. The standard InChI is InChI=1S/C21H23N3O/c1-16-7-9-18(10-8-16)20(15-22)23-11-13-24(14-12-23)21(25)19-6-4-3-5-17(19)2/h3-10,20H,11-14H2,1-2H3. The van der Waals surface area contributed by atoms with Gasteiger partial charge in [-0.05, 0) is 31.0 Å². The summed E-state index contributed by atoms with van der Waals surface area (Å²) in [5, 5.41) is 9.62. The summed E-state index contributed by atoms with van der Waals surface area (Å²) in [4.78, 5) is 16.8. The van der Waals surface area contributed by atoms with E-state index in [1.807, 2.05) is 67.3 Å². The number of hydrogen-bond acceptors (Lipinski definition) is 3. The molecular weight excluding hydrogens is 310 g/mol. The maximum Gasteiger partial charge on any atom is 0.254 e. The highest BCUT2D eigenvalue weighted by Crippen LogP contribution is 2.23. The number of benzene rings is 2. The Bertz CT molecular complexity index is 784. The van der Waals surface area contributed by atoms with Crippen LogP contribution in [0.15, 0.2) is 48.5 Å². The summed E-state index contributed by atoms with van der Waals surface area (Å²) >= 11 is 0. The molecule has 128 valence electrons. The van der Waals surface area contributed by atoms with Gasteiger partial charge in [0.15, 0.2) is 0 Å². The van der Waals surface area contributed by atoms with Gasteiger partial charge in [0.05, 0.1) is 6.07 Å². The van der Waals surface area contributed by atoms with Crippen LogP contribution in [-0.2, 0) is 0 Å². The number of nitrogens with zero attached hydrogens (tertiary/aromatic N) is 3. The van der Waals surface area contributed by atoms with Crippen molar-refractivity contribution >= 4 is 5.91 Å². The normalized spacial score (nSPS) is 16.3. The van der Waals surface area contributed by atoms with Crippen molar-refractivity contribution in [2.75, 3.05) is 26.2 Å². The molecule has 2 aromatic carbocycles. The zero-order valence-electron chi connectivity index (χ0n) is 14.8. The quantitative estimate of drug-likeness (QED) is 0.865. The molecule has 25 heavy (non-hydrogen) atoms. The van der Waals surface area contributed by atoms with E-state index in [0.717, 1.165) is 16.7 Å². The Labute approximate surface area is 149 Å². The van der Waals surface area contributed by atoms with Gasteiger partial charge in [-0.25, -0.2) is 0 Å². The van der Waals surface area contributed by atoms with Gasteiger partial charge in [-0.15, -0.1) is 0 Å². The van der Waals surface area contributed by atoms with Gasteiger partial charge in [0.1, 0.15) is 6.04 Å². The summed E-state index contributed by atoms with van der Waals surface area (Å²) < 4.78 is 0.